The number of methoxy groups -OCH3 is 1. The number of unbranched alkanes of at least 4 members (excludes halogenated alkanes) is 11. The first-order valence-corrected chi connectivity index (χ1v) is 18.3. The highest BCUT2D eigenvalue weighted by Gasteiger charge is 2.27. The first-order valence-electron chi connectivity index (χ1n) is 15.9. The molecule has 0 aliphatic heterocycles. The predicted molar refractivity (Wildman–Crippen MR) is 174 cm³/mol. The number of thiazole rings is 1. The number of rotatable bonds is 24. The summed E-state index contributed by atoms with van der Waals surface area (Å²) in [6.07, 6.45) is 18.6. The van der Waals surface area contributed by atoms with Gasteiger partial charge in [0.15, 0.2) is 12.7 Å². The Balaban J connectivity index is 1.33. The molecule has 2 atom stereocenters. The fourth-order valence-electron chi connectivity index (χ4n) is 4.93. The van der Waals surface area contributed by atoms with Crippen molar-refractivity contribution in [3.8, 4) is 11.5 Å². The molecule has 7 nitrogen and oxygen atoms in total. The third-order valence-corrected chi connectivity index (χ3v) is 9.05. The minimum Gasteiger partial charge on any atom is -0.491 e. The van der Waals surface area contributed by atoms with Gasteiger partial charge in [-0.2, -0.15) is 4.57 Å². The number of phosphoric ester groups is 1. The summed E-state index contributed by atoms with van der Waals surface area (Å²) in [5.41, 5.74) is 3.99. The Hall–Kier alpha value is -2.22. The van der Waals surface area contributed by atoms with Gasteiger partial charge in [-0.3, -0.25) is 9.42 Å². The largest absolute Gasteiger partial charge is 0.527 e. The van der Waals surface area contributed by atoms with E-state index in [0.29, 0.717) is 12.3 Å². The fourth-order valence-corrected chi connectivity index (χ4v) is 6.37. The number of hydrogen-bond donors (Lipinski definition) is 1. The molecule has 0 aliphatic carbocycles. The molecule has 2 aromatic carbocycles. The summed E-state index contributed by atoms with van der Waals surface area (Å²) in [6, 6.07) is 15.3. The van der Waals surface area contributed by atoms with Crippen molar-refractivity contribution in [3.05, 3.63) is 76.7 Å². The van der Waals surface area contributed by atoms with E-state index >= 15 is 0 Å². The van der Waals surface area contributed by atoms with Gasteiger partial charge in [-0.1, -0.05) is 113 Å². The van der Waals surface area contributed by atoms with E-state index in [2.05, 4.69) is 19.1 Å². The highest BCUT2D eigenvalue weighted by Crippen LogP contribution is 2.45. The van der Waals surface area contributed by atoms with Crippen molar-refractivity contribution in [2.75, 3.05) is 20.3 Å². The summed E-state index contributed by atoms with van der Waals surface area (Å²) in [4.78, 5) is 10.4. The molecule has 238 valence electrons. The molecule has 1 heterocycles. The van der Waals surface area contributed by atoms with Gasteiger partial charge in [0.1, 0.15) is 24.2 Å². The number of nitrogens with zero attached hydrogens (tertiary/aromatic N) is 1. The zero-order valence-electron chi connectivity index (χ0n) is 26.0. The lowest BCUT2D eigenvalue weighted by Crippen LogP contribution is -2.30. The van der Waals surface area contributed by atoms with E-state index in [9.17, 15) is 9.46 Å². The van der Waals surface area contributed by atoms with Crippen LogP contribution in [0.2, 0.25) is 0 Å². The van der Waals surface area contributed by atoms with Gasteiger partial charge in [-0.05, 0) is 42.7 Å². The second kappa shape index (κ2) is 20.7. The Morgan fingerprint density at radius 1 is 0.884 bits per heavy atom. The van der Waals surface area contributed by atoms with Crippen molar-refractivity contribution in [3.63, 3.8) is 0 Å². The van der Waals surface area contributed by atoms with Crippen molar-refractivity contribution in [1.82, 2.24) is 0 Å². The molecule has 0 aliphatic rings. The molecule has 43 heavy (non-hydrogen) atoms. The van der Waals surface area contributed by atoms with Crippen molar-refractivity contribution in [2.24, 2.45) is 0 Å². The van der Waals surface area contributed by atoms with Crippen molar-refractivity contribution in [1.29, 1.82) is 0 Å². The first-order chi connectivity index (χ1) is 21.0. The number of para-hydroxylation sites is 1. The predicted octanol–water partition coefficient (Wildman–Crippen LogP) is 8.92. The van der Waals surface area contributed by atoms with Gasteiger partial charge < -0.3 is 14.0 Å². The molecule has 0 fully saturated rings. The molecule has 9 heteroatoms. The maximum atomic E-state index is 12.7. The van der Waals surface area contributed by atoms with E-state index in [4.69, 9.17) is 18.5 Å². The molecule has 3 aromatic rings. The maximum Gasteiger partial charge on any atom is 0.527 e. The highest BCUT2D eigenvalue weighted by atomic mass is 32.1. The summed E-state index contributed by atoms with van der Waals surface area (Å²) in [5.74, 6) is 1.06. The maximum absolute atomic E-state index is 12.7. The van der Waals surface area contributed by atoms with Crippen LogP contribution in [-0.2, 0) is 26.8 Å². The lowest BCUT2D eigenvalue weighted by molar-refractivity contribution is -0.683. The summed E-state index contributed by atoms with van der Waals surface area (Å²) in [6.45, 7) is 2.83. The van der Waals surface area contributed by atoms with Crippen LogP contribution in [0.4, 0.5) is 0 Å². The van der Waals surface area contributed by atoms with E-state index in [1.165, 1.54) is 89.7 Å². The molecule has 1 aromatic heterocycles. The molecule has 2 unspecified atom stereocenters. The van der Waals surface area contributed by atoms with Crippen LogP contribution in [0.3, 0.4) is 0 Å². The summed E-state index contributed by atoms with van der Waals surface area (Å²) < 4.78 is 36.9. The third kappa shape index (κ3) is 14.9. The zero-order valence-corrected chi connectivity index (χ0v) is 27.7. The van der Waals surface area contributed by atoms with Gasteiger partial charge >= 0.3 is 7.82 Å². The van der Waals surface area contributed by atoms with Gasteiger partial charge in [0.05, 0.1) is 17.6 Å². The van der Waals surface area contributed by atoms with Crippen LogP contribution in [0.15, 0.2) is 65.6 Å². The Kier molecular flexibility index (Phi) is 17.0. The van der Waals surface area contributed by atoms with Crippen molar-refractivity contribution < 1.29 is 32.5 Å². The molecule has 0 bridgehead atoms. The average molecular weight is 633 g/mol. The second-order valence-electron chi connectivity index (χ2n) is 11.1. The zero-order chi connectivity index (χ0) is 30.6. The van der Waals surface area contributed by atoms with Gasteiger partial charge in [0.25, 0.3) is 0 Å². The van der Waals surface area contributed by atoms with Gasteiger partial charge in [-0.25, -0.2) is 4.57 Å². The number of ether oxygens (including phenoxy) is 2. The lowest BCUT2D eigenvalue weighted by Gasteiger charge is -2.19. The van der Waals surface area contributed by atoms with Crippen LogP contribution in [0.25, 0.3) is 0 Å². The number of phosphoric acid groups is 1. The van der Waals surface area contributed by atoms with Gasteiger partial charge in [0, 0.05) is 7.11 Å². The van der Waals surface area contributed by atoms with E-state index in [0.717, 1.165) is 17.7 Å². The molecule has 0 radical (unpaired) electrons. The third-order valence-electron chi connectivity index (χ3n) is 7.48. The minimum atomic E-state index is -4.38. The smallest absolute Gasteiger partial charge is 0.491 e. The Morgan fingerprint density at radius 2 is 1.58 bits per heavy atom. The molecule has 0 saturated carbocycles. The Morgan fingerprint density at radius 3 is 2.26 bits per heavy atom. The van der Waals surface area contributed by atoms with Gasteiger partial charge in [-0.15, -0.1) is 0 Å². The van der Waals surface area contributed by atoms with E-state index in [1.807, 2.05) is 45.9 Å². The Labute approximate surface area is 262 Å². The number of benzene rings is 2. The topological polar surface area (TPSA) is 78.1 Å². The van der Waals surface area contributed by atoms with Crippen molar-refractivity contribution >= 4 is 19.2 Å². The molecular weight excluding hydrogens is 581 g/mol. The highest BCUT2D eigenvalue weighted by molar-refractivity contribution is 7.47. The Bertz CT molecular complexity index is 1190. The summed E-state index contributed by atoms with van der Waals surface area (Å²) >= 11 is 1.57. The number of aryl methyl sites for hydroxylation is 1. The quantitative estimate of drug-likeness (QED) is 0.0604. The van der Waals surface area contributed by atoms with Crippen LogP contribution in [-0.4, -0.2) is 31.3 Å². The molecule has 0 amide bonds. The van der Waals surface area contributed by atoms with Gasteiger partial charge in [0.2, 0.25) is 5.51 Å². The number of aromatic nitrogens is 1. The minimum absolute atomic E-state index is 0.149. The van der Waals surface area contributed by atoms with Crippen LogP contribution < -0.4 is 13.8 Å². The second-order valence-corrected chi connectivity index (χ2v) is 13.3. The van der Waals surface area contributed by atoms with E-state index < -0.39 is 13.9 Å². The molecule has 1 N–H and O–H groups in total. The molecular formula is C34H51NO6PS+. The summed E-state index contributed by atoms with van der Waals surface area (Å²) in [5, 5.41) is 1.96. The normalized spacial score (nSPS) is 13.5. The summed E-state index contributed by atoms with van der Waals surface area (Å²) in [7, 11) is -2.85. The van der Waals surface area contributed by atoms with Crippen molar-refractivity contribution in [2.45, 2.75) is 103 Å². The monoisotopic (exact) mass is 632 g/mol. The molecule has 0 saturated heterocycles. The lowest BCUT2D eigenvalue weighted by atomic mass is 10.0. The van der Waals surface area contributed by atoms with Crippen LogP contribution in [0.1, 0.15) is 95.1 Å². The SMILES string of the molecule is CCCCCCCCCCCCCCc1cccc(OCC(COP(=O)(O)Oc2ccccc2C[n+]2ccsc2)OC)c1. The average Bonchev–Trinajstić information content (AvgIpc) is 3.52. The van der Waals surface area contributed by atoms with E-state index in [-0.39, 0.29) is 13.2 Å². The number of hydrogen-bond acceptors (Lipinski definition) is 6. The molecule has 3 rings (SSSR count). The van der Waals surface area contributed by atoms with Crippen LogP contribution in [0.5, 0.6) is 11.5 Å². The van der Waals surface area contributed by atoms with Crippen LogP contribution >= 0.6 is 19.2 Å². The standard InChI is InChI=1S/C34H50NO6PS/c1-3-4-5-6-7-8-9-10-11-12-13-14-18-30-19-17-21-32(25-30)39-27-33(38-2)28-40-42(36,37)41-34-22-16-15-20-31(34)26-35-23-24-43-29-35/h15-17,19-25,29,33H,3-14,18,26-28H2,1-2H3/p+1. The fraction of sp³-hybridized carbons (Fsp3) is 0.559. The van der Waals surface area contributed by atoms with Crippen LogP contribution in [0, 0.1) is 0 Å². The van der Waals surface area contributed by atoms with E-state index in [1.54, 1.807) is 23.5 Å². The molecule has 0 spiro atoms. The first kappa shape index (κ1) is 35.3.